The van der Waals surface area contributed by atoms with Crippen LogP contribution >= 0.6 is 0 Å². The molecule has 3 heterocycles. The molecule has 4 rings (SSSR count). The zero-order valence-corrected chi connectivity index (χ0v) is 13.8. The fraction of sp³-hybridized carbons (Fsp3) is 0.500. The van der Waals surface area contributed by atoms with Crippen LogP contribution in [0.15, 0.2) is 36.9 Å². The minimum Gasteiger partial charge on any atom is -0.355 e. The Kier molecular flexibility index (Phi) is 4.14. The molecular weight excluding hydrogens is 305 g/mol. The van der Waals surface area contributed by atoms with E-state index in [1.165, 1.54) is 18.9 Å². The summed E-state index contributed by atoms with van der Waals surface area (Å²) in [5.74, 6) is 2.00. The van der Waals surface area contributed by atoms with Crippen LogP contribution in [0.5, 0.6) is 0 Å². The zero-order valence-electron chi connectivity index (χ0n) is 13.8. The van der Waals surface area contributed by atoms with Crippen LogP contribution in [0.1, 0.15) is 18.5 Å². The molecule has 5 nitrogen and oxygen atoms in total. The van der Waals surface area contributed by atoms with E-state index < -0.39 is 0 Å². The average molecular weight is 327 g/mol. The number of aromatic nitrogens is 3. The van der Waals surface area contributed by atoms with Crippen molar-refractivity contribution in [3.05, 3.63) is 48.4 Å². The molecule has 1 saturated carbocycles. The van der Waals surface area contributed by atoms with Gasteiger partial charge in [-0.3, -0.25) is 14.9 Å². The van der Waals surface area contributed by atoms with Crippen LogP contribution in [0.4, 0.5) is 10.2 Å². The van der Waals surface area contributed by atoms with Crippen molar-refractivity contribution < 1.29 is 4.39 Å². The number of halogens is 1. The zero-order chi connectivity index (χ0) is 16.5. The summed E-state index contributed by atoms with van der Waals surface area (Å²) >= 11 is 0. The Bertz CT molecular complexity index is 695. The van der Waals surface area contributed by atoms with Crippen LogP contribution in [0.2, 0.25) is 0 Å². The SMILES string of the molecule is CN(c1cnccn1)[C@@H]1CC[C@@H]2CN(Cc3ncccc3F)C[C@@H]21. The first-order chi connectivity index (χ1) is 11.7. The van der Waals surface area contributed by atoms with E-state index in [9.17, 15) is 4.39 Å². The van der Waals surface area contributed by atoms with Gasteiger partial charge in [-0.25, -0.2) is 9.37 Å². The molecule has 24 heavy (non-hydrogen) atoms. The molecular formula is C18H22FN5. The van der Waals surface area contributed by atoms with Crippen molar-refractivity contribution in [2.24, 2.45) is 11.8 Å². The van der Waals surface area contributed by atoms with Crippen molar-refractivity contribution >= 4 is 5.82 Å². The van der Waals surface area contributed by atoms with Crippen LogP contribution in [-0.4, -0.2) is 46.0 Å². The largest absolute Gasteiger partial charge is 0.355 e. The summed E-state index contributed by atoms with van der Waals surface area (Å²) in [6.07, 6.45) is 9.34. The van der Waals surface area contributed by atoms with Crippen LogP contribution in [0, 0.1) is 17.7 Å². The average Bonchev–Trinajstić information content (AvgIpc) is 3.17. The van der Waals surface area contributed by atoms with Gasteiger partial charge in [-0.1, -0.05) is 0 Å². The maximum atomic E-state index is 13.8. The number of pyridine rings is 1. The first-order valence-electron chi connectivity index (χ1n) is 8.53. The number of fused-ring (bicyclic) bond motifs is 1. The lowest BCUT2D eigenvalue weighted by molar-refractivity contribution is 0.288. The second kappa shape index (κ2) is 6.43. The van der Waals surface area contributed by atoms with Crippen LogP contribution in [0.3, 0.4) is 0 Å². The third-order valence-electron chi connectivity index (χ3n) is 5.51. The van der Waals surface area contributed by atoms with Gasteiger partial charge in [-0.15, -0.1) is 0 Å². The monoisotopic (exact) mass is 327 g/mol. The molecule has 2 aromatic heterocycles. The van der Waals surface area contributed by atoms with Gasteiger partial charge in [0.25, 0.3) is 0 Å². The molecule has 1 aliphatic heterocycles. The maximum Gasteiger partial charge on any atom is 0.147 e. The molecule has 0 bridgehead atoms. The van der Waals surface area contributed by atoms with E-state index in [1.54, 1.807) is 24.7 Å². The lowest BCUT2D eigenvalue weighted by atomic mass is 9.97. The van der Waals surface area contributed by atoms with Crippen molar-refractivity contribution in [2.75, 3.05) is 25.0 Å². The molecule has 126 valence electrons. The van der Waals surface area contributed by atoms with Gasteiger partial charge in [-0.05, 0) is 36.8 Å². The number of likely N-dealkylation sites (tertiary alicyclic amines) is 1. The van der Waals surface area contributed by atoms with Crippen LogP contribution < -0.4 is 4.90 Å². The molecule has 0 N–H and O–H groups in total. The normalized spacial score (nSPS) is 26.5. The minimum absolute atomic E-state index is 0.206. The molecule has 0 spiro atoms. The molecule has 0 aromatic carbocycles. The fourth-order valence-corrected chi connectivity index (χ4v) is 4.33. The maximum absolute atomic E-state index is 13.8. The number of rotatable bonds is 4. The van der Waals surface area contributed by atoms with Gasteiger partial charge in [0.05, 0.1) is 11.9 Å². The lowest BCUT2D eigenvalue weighted by Crippen LogP contribution is -2.38. The highest BCUT2D eigenvalue weighted by atomic mass is 19.1. The molecule has 0 unspecified atom stereocenters. The Hall–Kier alpha value is -2.08. The molecule has 2 aromatic rings. The first-order valence-corrected chi connectivity index (χ1v) is 8.53. The molecule has 2 fully saturated rings. The van der Waals surface area contributed by atoms with E-state index >= 15 is 0 Å². The van der Waals surface area contributed by atoms with Gasteiger partial charge in [0, 0.05) is 51.3 Å². The molecule has 2 aliphatic rings. The highest BCUT2D eigenvalue weighted by Gasteiger charge is 2.44. The van der Waals surface area contributed by atoms with E-state index in [-0.39, 0.29) is 5.82 Å². The van der Waals surface area contributed by atoms with E-state index in [1.807, 2.05) is 6.20 Å². The third-order valence-corrected chi connectivity index (χ3v) is 5.51. The third kappa shape index (κ3) is 2.86. The Morgan fingerprint density at radius 2 is 2.12 bits per heavy atom. The smallest absolute Gasteiger partial charge is 0.147 e. The number of hydrogen-bond donors (Lipinski definition) is 0. The molecule has 0 amide bonds. The number of anilines is 1. The summed E-state index contributed by atoms with van der Waals surface area (Å²) in [7, 11) is 2.11. The van der Waals surface area contributed by atoms with E-state index in [2.05, 4.69) is 31.8 Å². The summed E-state index contributed by atoms with van der Waals surface area (Å²) in [6.45, 7) is 2.63. The molecule has 1 aliphatic carbocycles. The van der Waals surface area contributed by atoms with Gasteiger partial charge in [0.2, 0.25) is 0 Å². The number of hydrogen-bond acceptors (Lipinski definition) is 5. The number of nitrogens with zero attached hydrogens (tertiary/aromatic N) is 5. The van der Waals surface area contributed by atoms with E-state index in [0.29, 0.717) is 30.1 Å². The lowest BCUT2D eigenvalue weighted by Gasteiger charge is -2.30. The molecule has 6 heteroatoms. The minimum atomic E-state index is -0.206. The van der Waals surface area contributed by atoms with Gasteiger partial charge in [0.1, 0.15) is 11.6 Å². The highest BCUT2D eigenvalue weighted by molar-refractivity contribution is 5.36. The van der Waals surface area contributed by atoms with E-state index in [4.69, 9.17) is 0 Å². The Balaban J connectivity index is 1.44. The predicted molar refractivity (Wildman–Crippen MR) is 89.9 cm³/mol. The Morgan fingerprint density at radius 3 is 2.92 bits per heavy atom. The predicted octanol–water partition coefficient (Wildman–Crippen LogP) is 2.36. The second-order valence-electron chi connectivity index (χ2n) is 6.87. The standard InChI is InChI=1S/C18H22FN5/c1-23(18-9-20-7-8-22-18)17-5-4-13-10-24(11-14(13)17)12-16-15(19)3-2-6-21-16/h2-3,6-9,13-14,17H,4-5,10-12H2,1H3/t13-,14+,17-/m1/s1. The molecule has 3 atom stereocenters. The summed E-state index contributed by atoms with van der Waals surface area (Å²) in [4.78, 5) is 17.4. The quantitative estimate of drug-likeness (QED) is 0.863. The topological polar surface area (TPSA) is 45.2 Å². The van der Waals surface area contributed by atoms with Crippen molar-refractivity contribution in [3.63, 3.8) is 0 Å². The van der Waals surface area contributed by atoms with Gasteiger partial charge in [0.15, 0.2) is 0 Å². The van der Waals surface area contributed by atoms with Crippen LogP contribution in [0.25, 0.3) is 0 Å². The van der Waals surface area contributed by atoms with Crippen molar-refractivity contribution in [1.82, 2.24) is 19.9 Å². The van der Waals surface area contributed by atoms with Crippen molar-refractivity contribution in [1.29, 1.82) is 0 Å². The van der Waals surface area contributed by atoms with Crippen molar-refractivity contribution in [2.45, 2.75) is 25.4 Å². The summed E-state index contributed by atoms with van der Waals surface area (Å²) in [5.41, 5.74) is 0.552. The van der Waals surface area contributed by atoms with Gasteiger partial charge < -0.3 is 4.90 Å². The van der Waals surface area contributed by atoms with Gasteiger partial charge in [-0.2, -0.15) is 0 Å². The summed E-state index contributed by atoms with van der Waals surface area (Å²) < 4.78 is 13.8. The van der Waals surface area contributed by atoms with E-state index in [0.717, 1.165) is 18.9 Å². The fourth-order valence-electron chi connectivity index (χ4n) is 4.33. The van der Waals surface area contributed by atoms with Gasteiger partial charge >= 0.3 is 0 Å². The van der Waals surface area contributed by atoms with Crippen LogP contribution in [-0.2, 0) is 6.54 Å². The summed E-state index contributed by atoms with van der Waals surface area (Å²) in [5, 5.41) is 0. The molecule has 0 radical (unpaired) electrons. The first kappa shape index (κ1) is 15.4. The summed E-state index contributed by atoms with van der Waals surface area (Å²) in [6, 6.07) is 3.61. The molecule has 1 saturated heterocycles. The highest BCUT2D eigenvalue weighted by Crippen LogP contribution is 2.41. The van der Waals surface area contributed by atoms with Crippen molar-refractivity contribution in [3.8, 4) is 0 Å². The Labute approximate surface area is 141 Å². The second-order valence-corrected chi connectivity index (χ2v) is 6.87. The Morgan fingerprint density at radius 1 is 1.21 bits per heavy atom.